The first-order valence-electron chi connectivity index (χ1n) is 3.72. The van der Waals surface area contributed by atoms with E-state index >= 15 is 0 Å². The molecule has 9 heavy (non-hydrogen) atoms. The number of rotatable bonds is 2. The monoisotopic (exact) mass is 128 g/mol. The Kier molecular flexibility index (Phi) is 2.09. The zero-order chi connectivity index (χ0) is 6.74. The summed E-state index contributed by atoms with van der Waals surface area (Å²) < 4.78 is 0. The Morgan fingerprint density at radius 3 is 2.89 bits per heavy atom. The van der Waals surface area contributed by atoms with Gasteiger partial charge in [-0.1, -0.05) is 0 Å². The molecule has 0 aromatic carbocycles. The van der Waals surface area contributed by atoms with Gasteiger partial charge in [0.15, 0.2) is 0 Å². The Hall–Kier alpha value is -0.0800. The summed E-state index contributed by atoms with van der Waals surface area (Å²) in [6.07, 6.45) is 3.73. The van der Waals surface area contributed by atoms with E-state index in [4.69, 9.17) is 5.73 Å². The predicted molar refractivity (Wildman–Crippen MR) is 39.3 cm³/mol. The second-order valence-corrected chi connectivity index (χ2v) is 3.13. The van der Waals surface area contributed by atoms with Crippen molar-refractivity contribution in [2.75, 3.05) is 13.1 Å². The summed E-state index contributed by atoms with van der Waals surface area (Å²) in [5, 5.41) is 3.45. The first kappa shape index (κ1) is 7.03. The molecule has 54 valence electrons. The van der Waals surface area contributed by atoms with E-state index in [-0.39, 0.29) is 0 Å². The standard InChI is InChI=1S/C7H16N2/c1-7(4-5-8)3-2-6-9-7/h9H,2-6,8H2,1H3/t7-/m1/s1. The van der Waals surface area contributed by atoms with Crippen LogP contribution in [0.5, 0.6) is 0 Å². The van der Waals surface area contributed by atoms with Crippen molar-refractivity contribution in [3.05, 3.63) is 0 Å². The molecule has 0 unspecified atom stereocenters. The number of hydrogen-bond acceptors (Lipinski definition) is 2. The third kappa shape index (κ3) is 1.66. The smallest absolute Gasteiger partial charge is 0.0165 e. The molecule has 2 heteroatoms. The van der Waals surface area contributed by atoms with Crippen molar-refractivity contribution in [2.45, 2.75) is 31.7 Å². The Bertz CT molecular complexity index is 84.9. The summed E-state index contributed by atoms with van der Waals surface area (Å²) in [5.74, 6) is 0. The molecule has 0 amide bonds. The van der Waals surface area contributed by atoms with Crippen LogP contribution in [-0.2, 0) is 0 Å². The highest BCUT2D eigenvalue weighted by atomic mass is 15.0. The summed E-state index contributed by atoms with van der Waals surface area (Å²) in [7, 11) is 0. The molecular formula is C7H16N2. The lowest BCUT2D eigenvalue weighted by Crippen LogP contribution is -2.37. The molecule has 0 spiro atoms. The number of nitrogens with one attached hydrogen (secondary N) is 1. The highest BCUT2D eigenvalue weighted by Gasteiger charge is 2.26. The molecule has 3 N–H and O–H groups in total. The topological polar surface area (TPSA) is 38.0 Å². The second kappa shape index (κ2) is 2.67. The van der Waals surface area contributed by atoms with Crippen LogP contribution >= 0.6 is 0 Å². The minimum atomic E-state index is 0.370. The molecule has 1 atom stereocenters. The third-order valence-corrected chi connectivity index (χ3v) is 2.15. The molecule has 1 rings (SSSR count). The van der Waals surface area contributed by atoms with Gasteiger partial charge in [0.1, 0.15) is 0 Å². The van der Waals surface area contributed by atoms with Gasteiger partial charge in [0.05, 0.1) is 0 Å². The van der Waals surface area contributed by atoms with Crippen LogP contribution in [0.2, 0.25) is 0 Å². The van der Waals surface area contributed by atoms with Gasteiger partial charge in [-0.05, 0) is 39.3 Å². The minimum Gasteiger partial charge on any atom is -0.330 e. The summed E-state index contributed by atoms with van der Waals surface area (Å²) in [4.78, 5) is 0. The van der Waals surface area contributed by atoms with Crippen LogP contribution in [0.3, 0.4) is 0 Å². The highest BCUT2D eigenvalue weighted by Crippen LogP contribution is 2.20. The van der Waals surface area contributed by atoms with Crippen molar-refractivity contribution in [2.24, 2.45) is 5.73 Å². The lowest BCUT2D eigenvalue weighted by Gasteiger charge is -2.22. The molecule has 0 saturated carbocycles. The lowest BCUT2D eigenvalue weighted by molar-refractivity contribution is 0.390. The maximum atomic E-state index is 5.45. The summed E-state index contributed by atoms with van der Waals surface area (Å²) >= 11 is 0. The molecule has 0 aliphatic carbocycles. The van der Waals surface area contributed by atoms with Crippen molar-refractivity contribution in [1.82, 2.24) is 5.32 Å². The Balaban J connectivity index is 2.32. The number of hydrogen-bond donors (Lipinski definition) is 2. The van der Waals surface area contributed by atoms with Crippen LogP contribution in [-0.4, -0.2) is 18.6 Å². The summed E-state index contributed by atoms with van der Waals surface area (Å²) in [6.45, 7) is 4.24. The van der Waals surface area contributed by atoms with Gasteiger partial charge in [0.2, 0.25) is 0 Å². The van der Waals surface area contributed by atoms with Crippen molar-refractivity contribution >= 4 is 0 Å². The van der Waals surface area contributed by atoms with Gasteiger partial charge in [0.25, 0.3) is 0 Å². The Labute approximate surface area is 56.8 Å². The van der Waals surface area contributed by atoms with Crippen molar-refractivity contribution < 1.29 is 0 Å². The van der Waals surface area contributed by atoms with E-state index in [1.807, 2.05) is 0 Å². The zero-order valence-corrected chi connectivity index (χ0v) is 6.11. The van der Waals surface area contributed by atoms with Crippen molar-refractivity contribution in [3.63, 3.8) is 0 Å². The molecule has 1 aliphatic heterocycles. The molecule has 0 radical (unpaired) electrons. The van der Waals surface area contributed by atoms with Crippen LogP contribution in [0.1, 0.15) is 26.2 Å². The van der Waals surface area contributed by atoms with Gasteiger partial charge in [-0.2, -0.15) is 0 Å². The largest absolute Gasteiger partial charge is 0.330 e. The summed E-state index contributed by atoms with van der Waals surface area (Å²) in [5.41, 5.74) is 5.82. The van der Waals surface area contributed by atoms with Crippen LogP contribution in [0.25, 0.3) is 0 Å². The fourth-order valence-corrected chi connectivity index (χ4v) is 1.49. The molecule has 1 fully saturated rings. The van der Waals surface area contributed by atoms with E-state index in [1.165, 1.54) is 19.4 Å². The first-order valence-corrected chi connectivity index (χ1v) is 3.72. The Morgan fingerprint density at radius 1 is 1.67 bits per heavy atom. The van der Waals surface area contributed by atoms with Crippen molar-refractivity contribution in [3.8, 4) is 0 Å². The molecule has 0 bridgehead atoms. The molecule has 1 heterocycles. The SMILES string of the molecule is C[C@]1(CCN)CCCN1. The normalized spacial score (nSPS) is 35.3. The molecule has 0 aromatic rings. The minimum absolute atomic E-state index is 0.370. The van der Waals surface area contributed by atoms with E-state index in [2.05, 4.69) is 12.2 Å². The fourth-order valence-electron chi connectivity index (χ4n) is 1.49. The molecule has 1 saturated heterocycles. The lowest BCUT2D eigenvalue weighted by atomic mass is 9.96. The van der Waals surface area contributed by atoms with Crippen molar-refractivity contribution in [1.29, 1.82) is 0 Å². The average Bonchev–Trinajstić information content (AvgIpc) is 2.16. The van der Waals surface area contributed by atoms with Crippen LogP contribution in [0.4, 0.5) is 0 Å². The first-order chi connectivity index (χ1) is 4.27. The quantitative estimate of drug-likeness (QED) is 0.567. The molecule has 0 aromatic heterocycles. The van der Waals surface area contributed by atoms with E-state index < -0.39 is 0 Å². The highest BCUT2D eigenvalue weighted by molar-refractivity contribution is 4.88. The maximum absolute atomic E-state index is 5.45. The molecule has 2 nitrogen and oxygen atoms in total. The van der Waals surface area contributed by atoms with Gasteiger partial charge in [-0.3, -0.25) is 0 Å². The maximum Gasteiger partial charge on any atom is 0.0165 e. The fraction of sp³-hybridized carbons (Fsp3) is 1.00. The van der Waals surface area contributed by atoms with E-state index in [0.717, 1.165) is 13.0 Å². The number of nitrogens with two attached hydrogens (primary N) is 1. The third-order valence-electron chi connectivity index (χ3n) is 2.15. The van der Waals surface area contributed by atoms with Crippen LogP contribution in [0, 0.1) is 0 Å². The van der Waals surface area contributed by atoms with Gasteiger partial charge in [-0.15, -0.1) is 0 Å². The van der Waals surface area contributed by atoms with Crippen LogP contribution in [0.15, 0.2) is 0 Å². The van der Waals surface area contributed by atoms with Gasteiger partial charge >= 0.3 is 0 Å². The van der Waals surface area contributed by atoms with Gasteiger partial charge < -0.3 is 11.1 Å². The predicted octanol–water partition coefficient (Wildman–Crippen LogP) is 0.477. The zero-order valence-electron chi connectivity index (χ0n) is 6.11. The second-order valence-electron chi connectivity index (χ2n) is 3.13. The average molecular weight is 128 g/mol. The van der Waals surface area contributed by atoms with Crippen LogP contribution < -0.4 is 11.1 Å². The molecular weight excluding hydrogens is 112 g/mol. The van der Waals surface area contributed by atoms with E-state index in [1.54, 1.807) is 0 Å². The van der Waals surface area contributed by atoms with Gasteiger partial charge in [0, 0.05) is 5.54 Å². The van der Waals surface area contributed by atoms with Gasteiger partial charge in [-0.25, -0.2) is 0 Å². The van der Waals surface area contributed by atoms with E-state index in [0.29, 0.717) is 5.54 Å². The Morgan fingerprint density at radius 2 is 2.44 bits per heavy atom. The molecule has 1 aliphatic rings. The summed E-state index contributed by atoms with van der Waals surface area (Å²) in [6, 6.07) is 0. The van der Waals surface area contributed by atoms with E-state index in [9.17, 15) is 0 Å².